The summed E-state index contributed by atoms with van der Waals surface area (Å²) in [4.78, 5) is 14.1. The predicted octanol–water partition coefficient (Wildman–Crippen LogP) is 1.77. The second-order valence-electron chi connectivity index (χ2n) is 5.37. The van der Waals surface area contributed by atoms with Crippen LogP contribution in [0.3, 0.4) is 0 Å². The van der Waals surface area contributed by atoms with Gasteiger partial charge in [-0.25, -0.2) is 0 Å². The van der Waals surface area contributed by atoms with E-state index in [1.807, 2.05) is 6.07 Å². The number of nitrogens with one attached hydrogen (secondary N) is 1. The van der Waals surface area contributed by atoms with Crippen LogP contribution in [0, 0.1) is 5.92 Å². The number of methoxy groups -OCH3 is 1. The Bertz CT molecular complexity index is 434. The summed E-state index contributed by atoms with van der Waals surface area (Å²) in [5.41, 5.74) is 0. The Hall–Kier alpha value is -1.59. The minimum atomic E-state index is -0.0618. The van der Waals surface area contributed by atoms with E-state index in [1.165, 1.54) is 6.08 Å². The topological polar surface area (TPSA) is 54.7 Å². The quantitative estimate of drug-likeness (QED) is 0.778. The van der Waals surface area contributed by atoms with Gasteiger partial charge in [0.05, 0.1) is 12.9 Å². The Morgan fingerprint density at radius 3 is 3.00 bits per heavy atom. The molecular weight excluding hydrogens is 268 g/mol. The van der Waals surface area contributed by atoms with Crippen LogP contribution in [0.5, 0.6) is 0 Å². The molecule has 0 radical (unpaired) electrons. The van der Waals surface area contributed by atoms with Crippen LogP contribution in [0.15, 0.2) is 28.9 Å². The highest BCUT2D eigenvalue weighted by Gasteiger charge is 2.18. The highest BCUT2D eigenvalue weighted by molar-refractivity contribution is 5.91. The van der Waals surface area contributed by atoms with Gasteiger partial charge in [-0.05, 0) is 50.1 Å². The largest absolute Gasteiger partial charge is 0.465 e. The zero-order valence-electron chi connectivity index (χ0n) is 12.6. The van der Waals surface area contributed by atoms with Gasteiger partial charge in [0.15, 0.2) is 0 Å². The summed E-state index contributed by atoms with van der Waals surface area (Å²) >= 11 is 0. The lowest BCUT2D eigenvalue weighted by Crippen LogP contribution is -2.39. The van der Waals surface area contributed by atoms with Crippen LogP contribution < -0.4 is 5.32 Å². The number of carbonyl (C=O) groups is 1. The first kappa shape index (κ1) is 15.8. The summed E-state index contributed by atoms with van der Waals surface area (Å²) in [6, 6.07) is 3.62. The van der Waals surface area contributed by atoms with E-state index in [9.17, 15) is 4.79 Å². The van der Waals surface area contributed by atoms with Crippen LogP contribution in [0.2, 0.25) is 0 Å². The molecule has 5 heteroatoms. The molecule has 0 atom stereocenters. The standard InChI is InChI=1S/C16H24N2O3/c1-20-12-10-18-8-6-14(7-9-18)13-17-16(19)5-4-15-3-2-11-21-15/h2-5,11,14H,6-10,12-13H2,1H3,(H,17,19)/b5-4+. The lowest BCUT2D eigenvalue weighted by Gasteiger charge is -2.31. The number of amides is 1. The Balaban J connectivity index is 1.62. The number of furan rings is 1. The molecule has 1 fully saturated rings. The van der Waals surface area contributed by atoms with E-state index in [1.54, 1.807) is 25.5 Å². The molecule has 5 nitrogen and oxygen atoms in total. The van der Waals surface area contributed by atoms with Gasteiger partial charge in [0, 0.05) is 26.3 Å². The van der Waals surface area contributed by atoms with E-state index in [0.29, 0.717) is 11.7 Å². The summed E-state index contributed by atoms with van der Waals surface area (Å²) in [7, 11) is 1.73. The Kier molecular flexibility index (Phi) is 6.50. The number of piperidine rings is 1. The second-order valence-corrected chi connectivity index (χ2v) is 5.37. The van der Waals surface area contributed by atoms with E-state index < -0.39 is 0 Å². The van der Waals surface area contributed by atoms with Crippen molar-refractivity contribution >= 4 is 12.0 Å². The molecule has 2 heterocycles. The van der Waals surface area contributed by atoms with Gasteiger partial charge in [-0.3, -0.25) is 4.79 Å². The average Bonchev–Trinajstić information content (AvgIpc) is 3.03. The molecule has 1 aromatic rings. The fourth-order valence-electron chi connectivity index (χ4n) is 2.48. The lowest BCUT2D eigenvalue weighted by atomic mass is 9.97. The molecule has 1 aromatic heterocycles. The molecule has 0 aromatic carbocycles. The van der Waals surface area contributed by atoms with Crippen LogP contribution in [0.4, 0.5) is 0 Å². The number of ether oxygens (including phenoxy) is 1. The molecule has 2 rings (SSSR count). The molecule has 1 aliphatic rings. The van der Waals surface area contributed by atoms with Crippen molar-refractivity contribution in [1.29, 1.82) is 0 Å². The van der Waals surface area contributed by atoms with E-state index in [2.05, 4.69) is 10.2 Å². The van der Waals surface area contributed by atoms with Gasteiger partial charge < -0.3 is 19.4 Å². The number of carbonyl (C=O) groups excluding carboxylic acids is 1. The summed E-state index contributed by atoms with van der Waals surface area (Å²) in [5.74, 6) is 1.20. The van der Waals surface area contributed by atoms with Crippen LogP contribution in [-0.2, 0) is 9.53 Å². The van der Waals surface area contributed by atoms with Crippen molar-refractivity contribution in [2.45, 2.75) is 12.8 Å². The number of nitrogens with zero attached hydrogens (tertiary/aromatic N) is 1. The Morgan fingerprint density at radius 1 is 1.52 bits per heavy atom. The Labute approximate surface area is 125 Å². The predicted molar refractivity (Wildman–Crippen MR) is 81.8 cm³/mol. The van der Waals surface area contributed by atoms with Gasteiger partial charge in [-0.15, -0.1) is 0 Å². The second kappa shape index (κ2) is 8.64. The maximum atomic E-state index is 11.7. The molecule has 1 saturated heterocycles. The highest BCUT2D eigenvalue weighted by atomic mass is 16.5. The van der Waals surface area contributed by atoms with Crippen molar-refractivity contribution in [3.8, 4) is 0 Å². The average molecular weight is 292 g/mol. The maximum Gasteiger partial charge on any atom is 0.244 e. The third-order valence-electron chi connectivity index (χ3n) is 3.83. The van der Waals surface area contributed by atoms with Gasteiger partial charge in [0.2, 0.25) is 5.91 Å². The first-order valence-electron chi connectivity index (χ1n) is 7.48. The highest BCUT2D eigenvalue weighted by Crippen LogP contribution is 2.15. The molecule has 0 saturated carbocycles. The summed E-state index contributed by atoms with van der Waals surface area (Å²) in [6.07, 6.45) is 7.06. The molecule has 0 spiro atoms. The smallest absolute Gasteiger partial charge is 0.244 e. The Morgan fingerprint density at radius 2 is 2.33 bits per heavy atom. The van der Waals surface area contributed by atoms with E-state index in [-0.39, 0.29) is 5.91 Å². The van der Waals surface area contributed by atoms with Crippen molar-refractivity contribution in [2.24, 2.45) is 5.92 Å². The zero-order chi connectivity index (χ0) is 14.9. The molecule has 21 heavy (non-hydrogen) atoms. The lowest BCUT2D eigenvalue weighted by molar-refractivity contribution is -0.116. The molecule has 1 N–H and O–H groups in total. The van der Waals surface area contributed by atoms with Crippen molar-refractivity contribution in [3.63, 3.8) is 0 Å². The molecule has 0 aliphatic carbocycles. The van der Waals surface area contributed by atoms with Crippen LogP contribution in [0.25, 0.3) is 6.08 Å². The first-order chi connectivity index (χ1) is 10.3. The van der Waals surface area contributed by atoms with Gasteiger partial charge >= 0.3 is 0 Å². The van der Waals surface area contributed by atoms with Gasteiger partial charge in [-0.1, -0.05) is 0 Å². The molecule has 0 bridgehead atoms. The van der Waals surface area contributed by atoms with E-state index >= 15 is 0 Å². The van der Waals surface area contributed by atoms with Crippen molar-refractivity contribution < 1.29 is 13.9 Å². The molecule has 1 aliphatic heterocycles. The van der Waals surface area contributed by atoms with Crippen LogP contribution in [0.1, 0.15) is 18.6 Å². The third-order valence-corrected chi connectivity index (χ3v) is 3.83. The van der Waals surface area contributed by atoms with Crippen LogP contribution in [-0.4, -0.2) is 50.7 Å². The zero-order valence-corrected chi connectivity index (χ0v) is 12.6. The SMILES string of the molecule is COCCN1CCC(CNC(=O)/C=C/c2ccco2)CC1. The van der Waals surface area contributed by atoms with Gasteiger partial charge in [-0.2, -0.15) is 0 Å². The minimum absolute atomic E-state index is 0.0618. The number of likely N-dealkylation sites (tertiary alicyclic amines) is 1. The van der Waals surface area contributed by atoms with Gasteiger partial charge in [0.1, 0.15) is 5.76 Å². The fraction of sp³-hybridized carbons (Fsp3) is 0.562. The number of rotatable bonds is 7. The maximum absolute atomic E-state index is 11.7. The monoisotopic (exact) mass is 292 g/mol. The fourth-order valence-corrected chi connectivity index (χ4v) is 2.48. The van der Waals surface area contributed by atoms with Gasteiger partial charge in [0.25, 0.3) is 0 Å². The molecule has 1 amide bonds. The van der Waals surface area contributed by atoms with Crippen molar-refractivity contribution in [3.05, 3.63) is 30.2 Å². The minimum Gasteiger partial charge on any atom is -0.465 e. The van der Waals surface area contributed by atoms with Crippen LogP contribution >= 0.6 is 0 Å². The summed E-state index contributed by atoms with van der Waals surface area (Å²) in [5, 5.41) is 2.96. The third kappa shape index (κ3) is 5.73. The molecule has 0 unspecified atom stereocenters. The summed E-state index contributed by atoms with van der Waals surface area (Å²) < 4.78 is 10.2. The van der Waals surface area contributed by atoms with E-state index in [4.69, 9.17) is 9.15 Å². The normalized spacial score (nSPS) is 17.4. The molecule has 116 valence electrons. The van der Waals surface area contributed by atoms with Crippen molar-refractivity contribution in [2.75, 3.05) is 39.9 Å². The molecular formula is C16H24N2O3. The number of hydrogen-bond acceptors (Lipinski definition) is 4. The van der Waals surface area contributed by atoms with Crippen molar-refractivity contribution in [1.82, 2.24) is 10.2 Å². The number of hydrogen-bond donors (Lipinski definition) is 1. The summed E-state index contributed by atoms with van der Waals surface area (Å²) in [6.45, 7) is 4.72. The van der Waals surface area contributed by atoms with E-state index in [0.717, 1.165) is 45.6 Å². The first-order valence-corrected chi connectivity index (χ1v) is 7.48.